The largest absolute Gasteiger partial charge is 0.277 e. The Morgan fingerprint density at radius 3 is 1.38 bits per heavy atom. The van der Waals surface area contributed by atoms with Crippen molar-refractivity contribution in [2.75, 3.05) is 7.05 Å². The highest BCUT2D eigenvalue weighted by molar-refractivity contribution is 6.33. The summed E-state index contributed by atoms with van der Waals surface area (Å²) in [6.07, 6.45) is 1.34. The van der Waals surface area contributed by atoms with Crippen molar-refractivity contribution in [1.82, 2.24) is 9.80 Å². The van der Waals surface area contributed by atoms with E-state index in [0.717, 1.165) is 4.90 Å². The van der Waals surface area contributed by atoms with Crippen molar-refractivity contribution in [3.63, 3.8) is 0 Å². The maximum atomic E-state index is 13.1. The first-order chi connectivity index (χ1) is 12.4. The molecule has 0 saturated heterocycles. The minimum atomic E-state index is -0.423. The van der Waals surface area contributed by atoms with Crippen LogP contribution in [0.15, 0.2) is 24.3 Å². The zero-order valence-corrected chi connectivity index (χ0v) is 14.8. The van der Waals surface area contributed by atoms with E-state index in [0.29, 0.717) is 45.9 Å². The second kappa shape index (κ2) is 5.49. The molecule has 0 unspecified atom stereocenters. The Labute approximate surface area is 150 Å². The van der Waals surface area contributed by atoms with E-state index in [2.05, 4.69) is 0 Å². The van der Waals surface area contributed by atoms with Gasteiger partial charge < -0.3 is 0 Å². The number of imide groups is 2. The Morgan fingerprint density at radius 2 is 1.04 bits per heavy atom. The predicted octanol–water partition coefficient (Wildman–Crippen LogP) is 2.85. The minimum absolute atomic E-state index is 0.181. The summed E-state index contributed by atoms with van der Waals surface area (Å²) >= 11 is 0. The molecule has 26 heavy (non-hydrogen) atoms. The fraction of sp³-hybridized carbons (Fsp3) is 0.300. The molecule has 4 rings (SSSR count). The number of benzene rings is 2. The molecule has 6 heteroatoms. The third kappa shape index (κ3) is 1.87. The maximum absolute atomic E-state index is 13.1. The van der Waals surface area contributed by atoms with Crippen molar-refractivity contribution < 1.29 is 19.2 Å². The van der Waals surface area contributed by atoms with Crippen LogP contribution in [-0.2, 0) is 0 Å². The summed E-state index contributed by atoms with van der Waals surface area (Å²) in [5.74, 6) is -1.57. The van der Waals surface area contributed by atoms with Crippen LogP contribution in [-0.4, -0.2) is 46.5 Å². The van der Waals surface area contributed by atoms with Crippen molar-refractivity contribution in [3.05, 3.63) is 46.5 Å². The van der Waals surface area contributed by atoms with Gasteiger partial charge in [0, 0.05) is 46.1 Å². The second-order valence-corrected chi connectivity index (χ2v) is 6.69. The molecule has 6 nitrogen and oxygen atoms in total. The lowest BCUT2D eigenvalue weighted by atomic mass is 9.85. The van der Waals surface area contributed by atoms with Crippen LogP contribution >= 0.6 is 0 Å². The Bertz CT molecular complexity index is 949. The summed E-state index contributed by atoms with van der Waals surface area (Å²) < 4.78 is 0. The summed E-state index contributed by atoms with van der Waals surface area (Å²) in [5, 5.41) is 0.839. The summed E-state index contributed by atoms with van der Waals surface area (Å²) in [6.45, 7) is 3.88. The molecule has 0 spiro atoms. The molecule has 2 aliphatic rings. The van der Waals surface area contributed by atoms with Gasteiger partial charge in [-0.25, -0.2) is 0 Å². The van der Waals surface area contributed by atoms with Crippen molar-refractivity contribution in [2.45, 2.75) is 32.7 Å². The van der Waals surface area contributed by atoms with Crippen LogP contribution in [0.5, 0.6) is 0 Å². The number of hydrogen-bond donors (Lipinski definition) is 0. The van der Waals surface area contributed by atoms with Gasteiger partial charge in [0.25, 0.3) is 23.6 Å². The predicted molar refractivity (Wildman–Crippen MR) is 95.2 cm³/mol. The van der Waals surface area contributed by atoms with E-state index in [4.69, 9.17) is 0 Å². The Balaban J connectivity index is 2.06. The number of carbonyl (C=O) groups is 4. The zero-order valence-electron chi connectivity index (χ0n) is 14.8. The normalized spacial score (nSPS) is 16.3. The first-order valence-electron chi connectivity index (χ1n) is 8.72. The molecule has 0 aliphatic carbocycles. The molecule has 0 bridgehead atoms. The van der Waals surface area contributed by atoms with Crippen LogP contribution < -0.4 is 0 Å². The van der Waals surface area contributed by atoms with Gasteiger partial charge in [-0.3, -0.25) is 29.0 Å². The Kier molecular flexibility index (Phi) is 3.47. The van der Waals surface area contributed by atoms with Gasteiger partial charge in [0.2, 0.25) is 0 Å². The lowest BCUT2D eigenvalue weighted by molar-refractivity contribution is 0.0526. The highest BCUT2D eigenvalue weighted by Gasteiger charge is 2.40. The van der Waals surface area contributed by atoms with Crippen molar-refractivity contribution >= 4 is 34.4 Å². The monoisotopic (exact) mass is 350 g/mol. The van der Waals surface area contributed by atoms with Crippen LogP contribution in [0.3, 0.4) is 0 Å². The van der Waals surface area contributed by atoms with E-state index >= 15 is 0 Å². The summed E-state index contributed by atoms with van der Waals surface area (Å²) in [4.78, 5) is 53.5. The summed E-state index contributed by atoms with van der Waals surface area (Å²) in [5.41, 5.74) is 1.44. The third-order valence-electron chi connectivity index (χ3n) is 5.44. The lowest BCUT2D eigenvalue weighted by Gasteiger charge is -2.34. The number of nitrogens with zero attached hydrogens (tertiary/aromatic N) is 2. The minimum Gasteiger partial charge on any atom is -0.277 e. The second-order valence-electron chi connectivity index (χ2n) is 6.69. The van der Waals surface area contributed by atoms with Gasteiger partial charge in [-0.1, -0.05) is 13.8 Å². The average molecular weight is 350 g/mol. The van der Waals surface area contributed by atoms with Crippen LogP contribution in [0.2, 0.25) is 0 Å². The van der Waals surface area contributed by atoms with E-state index in [-0.39, 0.29) is 17.9 Å². The lowest BCUT2D eigenvalue weighted by Crippen LogP contribution is -2.47. The molecule has 0 aromatic heterocycles. The van der Waals surface area contributed by atoms with Gasteiger partial charge in [-0.2, -0.15) is 0 Å². The van der Waals surface area contributed by atoms with Gasteiger partial charge in [0.15, 0.2) is 0 Å². The molecular weight excluding hydrogens is 332 g/mol. The van der Waals surface area contributed by atoms with Gasteiger partial charge in [-0.05, 0) is 37.1 Å². The SMILES string of the molecule is CCC(CC)N1C(=O)c2ccc3c4c(ccc(c24)C1=O)C(=O)N(C)C3=O. The van der Waals surface area contributed by atoms with Crippen molar-refractivity contribution in [2.24, 2.45) is 0 Å². The zero-order chi connectivity index (χ0) is 18.7. The first kappa shape index (κ1) is 16.4. The molecule has 2 heterocycles. The van der Waals surface area contributed by atoms with Crippen molar-refractivity contribution in [3.8, 4) is 0 Å². The van der Waals surface area contributed by atoms with Crippen molar-refractivity contribution in [1.29, 1.82) is 0 Å². The fourth-order valence-corrected chi connectivity index (χ4v) is 4.00. The van der Waals surface area contributed by atoms with Gasteiger partial charge in [-0.15, -0.1) is 0 Å². The molecule has 4 amide bonds. The number of hydrogen-bond acceptors (Lipinski definition) is 4. The highest BCUT2D eigenvalue weighted by Crippen LogP contribution is 2.38. The Hall–Kier alpha value is -3.02. The third-order valence-corrected chi connectivity index (χ3v) is 5.44. The van der Waals surface area contributed by atoms with Crippen LogP contribution in [0.1, 0.15) is 68.1 Å². The average Bonchev–Trinajstić information content (AvgIpc) is 2.65. The van der Waals surface area contributed by atoms with E-state index in [9.17, 15) is 19.2 Å². The molecule has 0 fully saturated rings. The van der Waals surface area contributed by atoms with E-state index in [1.54, 1.807) is 24.3 Å². The number of rotatable bonds is 3. The van der Waals surface area contributed by atoms with Gasteiger partial charge >= 0.3 is 0 Å². The topological polar surface area (TPSA) is 74.8 Å². The van der Waals surface area contributed by atoms with Crippen LogP contribution in [0.25, 0.3) is 10.8 Å². The van der Waals surface area contributed by atoms with Crippen LogP contribution in [0.4, 0.5) is 0 Å². The van der Waals surface area contributed by atoms with Gasteiger partial charge in [0.05, 0.1) is 0 Å². The summed E-state index contributed by atoms with van der Waals surface area (Å²) in [6, 6.07) is 6.16. The fourth-order valence-electron chi connectivity index (χ4n) is 4.00. The molecular formula is C20H18N2O4. The number of carbonyl (C=O) groups excluding carboxylic acids is 4. The smallest absolute Gasteiger partial charge is 0.261 e. The molecule has 132 valence electrons. The first-order valence-corrected chi connectivity index (χ1v) is 8.72. The highest BCUT2D eigenvalue weighted by atomic mass is 16.2. The van der Waals surface area contributed by atoms with E-state index in [1.165, 1.54) is 11.9 Å². The molecule has 0 N–H and O–H groups in total. The van der Waals surface area contributed by atoms with Crippen LogP contribution in [0, 0.1) is 0 Å². The molecule has 2 aromatic rings. The molecule has 0 radical (unpaired) electrons. The van der Waals surface area contributed by atoms with E-state index < -0.39 is 11.8 Å². The summed E-state index contributed by atoms with van der Waals surface area (Å²) in [7, 11) is 1.43. The molecule has 0 atom stereocenters. The quantitative estimate of drug-likeness (QED) is 0.798. The number of amides is 4. The van der Waals surface area contributed by atoms with Gasteiger partial charge in [0.1, 0.15) is 0 Å². The molecule has 2 aromatic carbocycles. The molecule has 0 saturated carbocycles. The molecule has 2 aliphatic heterocycles. The Morgan fingerprint density at radius 1 is 0.692 bits per heavy atom. The van der Waals surface area contributed by atoms with E-state index in [1.807, 2.05) is 13.8 Å². The standard InChI is InChI=1S/C20H18N2O4/c1-4-10(5-2)22-19(25)13-8-6-11-15-12(18(24)21(3)17(11)23)7-9-14(16(13)15)20(22)26/h6-10H,4-5H2,1-3H3. The maximum Gasteiger partial charge on any atom is 0.261 e.